The van der Waals surface area contributed by atoms with Crippen LogP contribution in [0.15, 0.2) is 30.0 Å². The maximum Gasteiger partial charge on any atom is 0.119 e. The average molecular weight is 387 g/mol. The lowest BCUT2D eigenvalue weighted by Gasteiger charge is -2.30. The first kappa shape index (κ1) is 22.6. The summed E-state index contributed by atoms with van der Waals surface area (Å²) >= 11 is 0. The average Bonchev–Trinajstić information content (AvgIpc) is 2.64. The van der Waals surface area contributed by atoms with E-state index < -0.39 is 0 Å². The van der Waals surface area contributed by atoms with E-state index in [-0.39, 0.29) is 6.10 Å². The number of nitrogens with zero attached hydrogens (tertiary/aromatic N) is 2. The Morgan fingerprint density at radius 1 is 1.25 bits per heavy atom. The Morgan fingerprint density at radius 2 is 1.96 bits per heavy atom. The molecule has 1 saturated carbocycles. The quantitative estimate of drug-likeness (QED) is 0.332. The summed E-state index contributed by atoms with van der Waals surface area (Å²) in [4.78, 5) is 13.7. The minimum absolute atomic E-state index is 0.259. The molecule has 0 amide bonds. The molecule has 1 aromatic rings. The highest BCUT2D eigenvalue weighted by atomic mass is 16.5. The van der Waals surface area contributed by atoms with Crippen molar-refractivity contribution in [3.63, 3.8) is 0 Å². The molecular weight excluding hydrogens is 348 g/mol. The molecular formula is C24H38N2O2. The second-order valence-electron chi connectivity index (χ2n) is 8.90. The van der Waals surface area contributed by atoms with Crippen molar-refractivity contribution >= 4 is 11.4 Å². The van der Waals surface area contributed by atoms with Gasteiger partial charge in [-0.05, 0) is 101 Å². The second kappa shape index (κ2) is 10.8. The number of hydrogen-bond donors (Lipinski definition) is 0. The van der Waals surface area contributed by atoms with Crippen molar-refractivity contribution in [1.82, 2.24) is 4.90 Å². The summed E-state index contributed by atoms with van der Waals surface area (Å²) in [5.74, 6) is 1.43. The van der Waals surface area contributed by atoms with Gasteiger partial charge in [0, 0.05) is 17.6 Å². The van der Waals surface area contributed by atoms with Crippen LogP contribution in [0.1, 0.15) is 77.8 Å². The van der Waals surface area contributed by atoms with Crippen molar-refractivity contribution in [3.8, 4) is 0 Å². The third-order valence-corrected chi connectivity index (χ3v) is 5.89. The van der Waals surface area contributed by atoms with Crippen molar-refractivity contribution < 1.29 is 4.74 Å². The first-order valence-corrected chi connectivity index (χ1v) is 10.9. The van der Waals surface area contributed by atoms with Crippen molar-refractivity contribution in [1.29, 1.82) is 0 Å². The highest BCUT2D eigenvalue weighted by molar-refractivity contribution is 5.62. The molecule has 1 aromatic carbocycles. The van der Waals surface area contributed by atoms with Gasteiger partial charge in [0.2, 0.25) is 0 Å². The van der Waals surface area contributed by atoms with Crippen molar-refractivity contribution in [2.75, 3.05) is 6.54 Å². The lowest BCUT2D eigenvalue weighted by molar-refractivity contribution is 0.103. The Labute approximate surface area is 171 Å². The highest BCUT2D eigenvalue weighted by Gasteiger charge is 2.21. The summed E-state index contributed by atoms with van der Waals surface area (Å²) in [5, 5.41) is 3.23. The topological polar surface area (TPSA) is 41.9 Å². The van der Waals surface area contributed by atoms with E-state index in [0.717, 1.165) is 43.4 Å². The summed E-state index contributed by atoms with van der Waals surface area (Å²) in [6.45, 7) is 16.4. The maximum atomic E-state index is 11.3. The van der Waals surface area contributed by atoms with Crippen LogP contribution in [-0.4, -0.2) is 29.6 Å². The van der Waals surface area contributed by atoms with E-state index in [1.807, 2.05) is 12.1 Å². The normalized spacial score (nSPS) is 20.0. The molecule has 4 heteroatoms. The number of hydrogen-bond acceptors (Lipinski definition) is 4. The molecule has 0 heterocycles. The van der Waals surface area contributed by atoms with E-state index in [1.54, 1.807) is 6.07 Å². The van der Waals surface area contributed by atoms with Gasteiger partial charge in [-0.2, -0.15) is 0 Å². The number of rotatable bonds is 10. The SMILES string of the molecule is C=C(O[C@H]1CCC[C@@H](C)C1)c1ccc(N=O)c(CCCN(C(C)C)C(C)C)c1. The molecule has 0 radical (unpaired) electrons. The molecule has 2 rings (SSSR count). The van der Waals surface area contributed by atoms with Gasteiger partial charge < -0.3 is 4.74 Å². The van der Waals surface area contributed by atoms with E-state index in [2.05, 4.69) is 51.3 Å². The fraction of sp³-hybridized carbons (Fsp3) is 0.667. The monoisotopic (exact) mass is 386 g/mol. The molecule has 1 fully saturated rings. The van der Waals surface area contributed by atoms with E-state index in [1.165, 1.54) is 12.8 Å². The molecule has 2 atom stereocenters. The van der Waals surface area contributed by atoms with Crippen LogP contribution in [0, 0.1) is 10.8 Å². The minimum Gasteiger partial charge on any atom is -0.490 e. The molecule has 0 N–H and O–H groups in total. The molecule has 156 valence electrons. The van der Waals surface area contributed by atoms with Crippen LogP contribution in [0.3, 0.4) is 0 Å². The number of benzene rings is 1. The third kappa shape index (κ3) is 6.44. The molecule has 0 bridgehead atoms. The summed E-state index contributed by atoms with van der Waals surface area (Å²) < 4.78 is 6.17. The largest absolute Gasteiger partial charge is 0.490 e. The second-order valence-corrected chi connectivity index (χ2v) is 8.90. The summed E-state index contributed by atoms with van der Waals surface area (Å²) in [6, 6.07) is 6.78. The predicted octanol–water partition coefficient (Wildman–Crippen LogP) is 6.70. The minimum atomic E-state index is 0.259. The molecule has 0 aliphatic heterocycles. The molecule has 0 spiro atoms. The fourth-order valence-electron chi connectivity index (χ4n) is 4.37. The predicted molar refractivity (Wildman–Crippen MR) is 119 cm³/mol. The van der Waals surface area contributed by atoms with Crippen molar-refractivity contribution in [2.45, 2.75) is 91.3 Å². The van der Waals surface area contributed by atoms with Gasteiger partial charge in [0.25, 0.3) is 0 Å². The van der Waals surface area contributed by atoms with Gasteiger partial charge in [0.15, 0.2) is 0 Å². The zero-order valence-corrected chi connectivity index (χ0v) is 18.4. The lowest BCUT2D eigenvalue weighted by Crippen LogP contribution is -2.37. The van der Waals surface area contributed by atoms with E-state index >= 15 is 0 Å². The van der Waals surface area contributed by atoms with Gasteiger partial charge >= 0.3 is 0 Å². The van der Waals surface area contributed by atoms with Gasteiger partial charge in [-0.3, -0.25) is 4.90 Å². The first-order chi connectivity index (χ1) is 13.3. The highest BCUT2D eigenvalue weighted by Crippen LogP contribution is 2.31. The smallest absolute Gasteiger partial charge is 0.119 e. The van der Waals surface area contributed by atoms with Crippen LogP contribution in [-0.2, 0) is 11.2 Å². The zero-order chi connectivity index (χ0) is 20.7. The van der Waals surface area contributed by atoms with Gasteiger partial charge in [-0.25, -0.2) is 0 Å². The van der Waals surface area contributed by atoms with Crippen LogP contribution in [0.2, 0.25) is 0 Å². The van der Waals surface area contributed by atoms with Crippen LogP contribution in [0.25, 0.3) is 5.76 Å². The number of ether oxygens (including phenoxy) is 1. The standard InChI is InChI=1S/C24H38N2O2/c1-17(2)26(18(3)4)14-8-10-22-16-21(12-13-24(22)25-27)20(6)28-23-11-7-9-19(5)15-23/h12-13,16-19,23H,6-11,14-15H2,1-5H3/t19-,23+/m1/s1. The maximum absolute atomic E-state index is 11.3. The molecule has 4 nitrogen and oxygen atoms in total. The van der Waals surface area contributed by atoms with Crippen molar-refractivity contribution in [3.05, 3.63) is 40.8 Å². The number of aryl methyl sites for hydroxylation is 1. The summed E-state index contributed by atoms with van der Waals surface area (Å²) in [6.07, 6.45) is 6.80. The van der Waals surface area contributed by atoms with Crippen LogP contribution in [0.4, 0.5) is 5.69 Å². The molecule has 0 unspecified atom stereocenters. The Bertz CT molecular complexity index is 646. The Hall–Kier alpha value is -1.68. The van der Waals surface area contributed by atoms with E-state index in [4.69, 9.17) is 4.74 Å². The van der Waals surface area contributed by atoms with Crippen LogP contribution >= 0.6 is 0 Å². The van der Waals surface area contributed by atoms with Gasteiger partial charge in [-0.15, -0.1) is 4.91 Å². The fourth-order valence-corrected chi connectivity index (χ4v) is 4.37. The summed E-state index contributed by atoms with van der Waals surface area (Å²) in [5.41, 5.74) is 2.48. The number of nitroso groups, excluding NO2 is 1. The molecule has 1 aliphatic carbocycles. The van der Waals surface area contributed by atoms with Crippen LogP contribution in [0.5, 0.6) is 0 Å². The van der Waals surface area contributed by atoms with Crippen molar-refractivity contribution in [2.24, 2.45) is 11.1 Å². The van der Waals surface area contributed by atoms with Crippen LogP contribution < -0.4 is 0 Å². The third-order valence-electron chi connectivity index (χ3n) is 5.89. The Morgan fingerprint density at radius 3 is 2.57 bits per heavy atom. The zero-order valence-electron chi connectivity index (χ0n) is 18.4. The molecule has 1 aliphatic rings. The van der Waals surface area contributed by atoms with E-state index in [0.29, 0.717) is 29.4 Å². The lowest BCUT2D eigenvalue weighted by atomic mass is 9.88. The van der Waals surface area contributed by atoms with Gasteiger partial charge in [0.1, 0.15) is 11.4 Å². The Balaban J connectivity index is 2.02. The molecule has 28 heavy (non-hydrogen) atoms. The first-order valence-electron chi connectivity index (χ1n) is 10.9. The van der Waals surface area contributed by atoms with Gasteiger partial charge in [0.05, 0.1) is 6.10 Å². The summed E-state index contributed by atoms with van der Waals surface area (Å²) in [7, 11) is 0. The van der Waals surface area contributed by atoms with E-state index in [9.17, 15) is 4.91 Å². The van der Waals surface area contributed by atoms with Gasteiger partial charge in [-0.1, -0.05) is 19.9 Å². The Kier molecular flexibility index (Phi) is 8.68. The molecule has 0 saturated heterocycles. The molecule has 0 aromatic heterocycles.